The smallest absolute Gasteiger partial charge is 0.191 e. The zero-order chi connectivity index (χ0) is 22.7. The average Bonchev–Trinajstić information content (AvgIpc) is 3.38. The van der Waals surface area contributed by atoms with E-state index in [1.807, 2.05) is 11.7 Å². The highest BCUT2D eigenvalue weighted by molar-refractivity contribution is 14.0. The number of aromatic nitrogens is 3. The van der Waals surface area contributed by atoms with E-state index in [0.717, 1.165) is 18.9 Å². The third-order valence-corrected chi connectivity index (χ3v) is 5.62. The van der Waals surface area contributed by atoms with E-state index in [1.165, 1.54) is 22.3 Å². The van der Waals surface area contributed by atoms with Gasteiger partial charge in [-0.15, -0.1) is 24.0 Å². The highest BCUT2D eigenvalue weighted by Gasteiger charge is 2.13. The van der Waals surface area contributed by atoms with Gasteiger partial charge in [-0.1, -0.05) is 84.9 Å². The molecule has 0 fully saturated rings. The summed E-state index contributed by atoms with van der Waals surface area (Å²) in [5.74, 6) is 1.14. The third-order valence-electron chi connectivity index (χ3n) is 5.62. The van der Waals surface area contributed by atoms with Crippen LogP contribution in [0, 0.1) is 0 Å². The van der Waals surface area contributed by atoms with Crippen LogP contribution in [0.25, 0.3) is 0 Å². The predicted molar refractivity (Wildman–Crippen MR) is 149 cm³/mol. The molecule has 0 saturated heterocycles. The number of nitrogens with one attached hydrogen (secondary N) is 2. The Hall–Kier alpha value is -3.20. The molecule has 1 heterocycles. The summed E-state index contributed by atoms with van der Waals surface area (Å²) in [6.45, 7) is 2.23. The Morgan fingerprint density at radius 2 is 1.56 bits per heavy atom. The summed E-state index contributed by atoms with van der Waals surface area (Å²) in [6, 6.07) is 29.9. The monoisotopic (exact) mass is 566 g/mol. The Morgan fingerprint density at radius 3 is 2.18 bits per heavy atom. The van der Waals surface area contributed by atoms with Crippen molar-refractivity contribution in [2.45, 2.75) is 25.4 Å². The van der Waals surface area contributed by atoms with Gasteiger partial charge in [0.2, 0.25) is 0 Å². The first-order valence-corrected chi connectivity index (χ1v) is 11.3. The molecule has 0 aliphatic rings. The fourth-order valence-corrected chi connectivity index (χ4v) is 3.98. The molecule has 34 heavy (non-hydrogen) atoms. The standard InChI is InChI=1S/C27H30N6.HI/c1-28-27(31-18-22-9-8-10-23(17-22)19-33-21-29-20-32-33)30-16-15-26(24-11-4-2-5-12-24)25-13-6-3-7-14-25;/h2-14,17,20-21,26H,15-16,18-19H2,1H3,(H2,28,30,31);1H. The summed E-state index contributed by atoms with van der Waals surface area (Å²) in [4.78, 5) is 8.41. The fraction of sp³-hybridized carbons (Fsp3) is 0.222. The predicted octanol–water partition coefficient (Wildman–Crippen LogP) is 4.83. The molecule has 0 bridgehead atoms. The summed E-state index contributed by atoms with van der Waals surface area (Å²) in [5.41, 5.74) is 5.05. The van der Waals surface area contributed by atoms with Crippen LogP contribution in [0.3, 0.4) is 0 Å². The molecule has 0 aliphatic carbocycles. The van der Waals surface area contributed by atoms with Gasteiger partial charge in [-0.3, -0.25) is 4.99 Å². The number of guanidine groups is 1. The molecule has 0 amide bonds. The van der Waals surface area contributed by atoms with Crippen LogP contribution in [0.2, 0.25) is 0 Å². The number of benzene rings is 3. The topological polar surface area (TPSA) is 67.1 Å². The van der Waals surface area contributed by atoms with Crippen LogP contribution in [0.15, 0.2) is 103 Å². The Labute approximate surface area is 218 Å². The first-order valence-electron chi connectivity index (χ1n) is 11.3. The largest absolute Gasteiger partial charge is 0.356 e. The summed E-state index contributed by atoms with van der Waals surface area (Å²) in [7, 11) is 1.81. The average molecular weight is 566 g/mol. The molecular formula is C27H31IN6. The van der Waals surface area contributed by atoms with E-state index < -0.39 is 0 Å². The van der Waals surface area contributed by atoms with Crippen molar-refractivity contribution in [3.8, 4) is 0 Å². The van der Waals surface area contributed by atoms with E-state index in [9.17, 15) is 0 Å². The Bertz CT molecular complexity index is 1090. The van der Waals surface area contributed by atoms with Crippen molar-refractivity contribution in [1.82, 2.24) is 25.4 Å². The lowest BCUT2D eigenvalue weighted by Crippen LogP contribution is -2.37. The van der Waals surface area contributed by atoms with Gasteiger partial charge >= 0.3 is 0 Å². The molecule has 1 aromatic heterocycles. The number of nitrogens with zero attached hydrogens (tertiary/aromatic N) is 4. The SMILES string of the molecule is CN=C(NCCC(c1ccccc1)c1ccccc1)NCc1cccc(Cn2cncn2)c1.I. The molecule has 4 rings (SSSR count). The first-order chi connectivity index (χ1) is 16.3. The van der Waals surface area contributed by atoms with E-state index in [2.05, 4.69) is 111 Å². The van der Waals surface area contributed by atoms with E-state index in [-0.39, 0.29) is 24.0 Å². The molecule has 176 valence electrons. The van der Waals surface area contributed by atoms with Crippen LogP contribution in [0.1, 0.15) is 34.6 Å². The van der Waals surface area contributed by atoms with Crippen LogP contribution in [-0.2, 0) is 13.1 Å². The van der Waals surface area contributed by atoms with Crippen molar-refractivity contribution in [3.05, 3.63) is 120 Å². The molecule has 0 saturated carbocycles. The first kappa shape index (κ1) is 25.4. The Balaban J connectivity index is 0.00000324. The van der Waals surface area contributed by atoms with Gasteiger partial charge in [0, 0.05) is 26.1 Å². The maximum Gasteiger partial charge on any atom is 0.191 e. The summed E-state index contributed by atoms with van der Waals surface area (Å²) < 4.78 is 1.82. The second-order valence-corrected chi connectivity index (χ2v) is 7.93. The lowest BCUT2D eigenvalue weighted by Gasteiger charge is -2.19. The lowest BCUT2D eigenvalue weighted by molar-refractivity contribution is 0.677. The molecular weight excluding hydrogens is 535 g/mol. The molecule has 4 aromatic rings. The number of rotatable bonds is 9. The second-order valence-electron chi connectivity index (χ2n) is 7.93. The Morgan fingerprint density at radius 1 is 0.882 bits per heavy atom. The van der Waals surface area contributed by atoms with Gasteiger partial charge in [-0.2, -0.15) is 5.10 Å². The minimum Gasteiger partial charge on any atom is -0.356 e. The van der Waals surface area contributed by atoms with E-state index >= 15 is 0 Å². The molecule has 0 unspecified atom stereocenters. The third kappa shape index (κ3) is 7.41. The van der Waals surface area contributed by atoms with Crippen molar-refractivity contribution in [3.63, 3.8) is 0 Å². The lowest BCUT2D eigenvalue weighted by atomic mass is 9.88. The maximum absolute atomic E-state index is 4.40. The van der Waals surface area contributed by atoms with Gasteiger partial charge in [-0.05, 0) is 28.7 Å². The summed E-state index contributed by atoms with van der Waals surface area (Å²) in [6.07, 6.45) is 4.26. The van der Waals surface area contributed by atoms with E-state index in [4.69, 9.17) is 0 Å². The minimum absolute atomic E-state index is 0. The maximum atomic E-state index is 4.40. The number of hydrogen-bond donors (Lipinski definition) is 2. The Kier molecular flexibility index (Phi) is 10.1. The molecule has 2 N–H and O–H groups in total. The second kappa shape index (κ2) is 13.5. The van der Waals surface area contributed by atoms with Crippen LogP contribution < -0.4 is 10.6 Å². The number of halogens is 1. The fourth-order valence-electron chi connectivity index (χ4n) is 3.98. The van der Waals surface area contributed by atoms with Gasteiger partial charge in [0.25, 0.3) is 0 Å². The van der Waals surface area contributed by atoms with Gasteiger partial charge in [-0.25, -0.2) is 9.67 Å². The molecule has 0 atom stereocenters. The van der Waals surface area contributed by atoms with Gasteiger partial charge < -0.3 is 10.6 Å². The number of aliphatic imine (C=N–C) groups is 1. The van der Waals surface area contributed by atoms with Crippen molar-refractivity contribution >= 4 is 29.9 Å². The summed E-state index contributed by atoms with van der Waals surface area (Å²) in [5, 5.41) is 11.1. The van der Waals surface area contributed by atoms with Crippen LogP contribution in [0.5, 0.6) is 0 Å². The summed E-state index contributed by atoms with van der Waals surface area (Å²) >= 11 is 0. The zero-order valence-electron chi connectivity index (χ0n) is 19.3. The van der Waals surface area contributed by atoms with Crippen molar-refractivity contribution in [2.24, 2.45) is 4.99 Å². The molecule has 3 aromatic carbocycles. The van der Waals surface area contributed by atoms with Crippen molar-refractivity contribution in [1.29, 1.82) is 0 Å². The quantitative estimate of drug-likeness (QED) is 0.173. The molecule has 6 nitrogen and oxygen atoms in total. The van der Waals surface area contributed by atoms with E-state index in [1.54, 1.807) is 12.7 Å². The van der Waals surface area contributed by atoms with Crippen LogP contribution in [0.4, 0.5) is 0 Å². The highest BCUT2D eigenvalue weighted by Crippen LogP contribution is 2.27. The van der Waals surface area contributed by atoms with Gasteiger partial charge in [0.15, 0.2) is 5.96 Å². The van der Waals surface area contributed by atoms with Gasteiger partial charge in [0.1, 0.15) is 12.7 Å². The van der Waals surface area contributed by atoms with Crippen LogP contribution >= 0.6 is 24.0 Å². The molecule has 0 aliphatic heterocycles. The molecule has 0 spiro atoms. The normalized spacial score (nSPS) is 11.2. The molecule has 0 radical (unpaired) electrons. The van der Waals surface area contributed by atoms with Gasteiger partial charge in [0.05, 0.1) is 6.54 Å². The highest BCUT2D eigenvalue weighted by atomic mass is 127. The zero-order valence-corrected chi connectivity index (χ0v) is 21.7. The van der Waals surface area contributed by atoms with Crippen LogP contribution in [-0.4, -0.2) is 34.3 Å². The molecule has 7 heteroatoms. The number of hydrogen-bond acceptors (Lipinski definition) is 3. The van der Waals surface area contributed by atoms with Crippen molar-refractivity contribution < 1.29 is 0 Å². The van der Waals surface area contributed by atoms with Crippen molar-refractivity contribution in [2.75, 3.05) is 13.6 Å². The van der Waals surface area contributed by atoms with E-state index in [0.29, 0.717) is 19.0 Å². The minimum atomic E-state index is 0.